The molecule has 1 saturated heterocycles. The summed E-state index contributed by atoms with van der Waals surface area (Å²) in [4.78, 5) is 12.8. The summed E-state index contributed by atoms with van der Waals surface area (Å²) in [5.74, 6) is -1.15. The molecule has 0 amide bonds. The Morgan fingerprint density at radius 1 is 1.47 bits per heavy atom. The van der Waals surface area contributed by atoms with Gasteiger partial charge in [0.2, 0.25) is 0 Å². The summed E-state index contributed by atoms with van der Waals surface area (Å²) in [7, 11) is 0. The van der Waals surface area contributed by atoms with Crippen LogP contribution in [0.2, 0.25) is 0 Å². The van der Waals surface area contributed by atoms with E-state index in [1.165, 1.54) is 6.07 Å². The maximum Gasteiger partial charge on any atom is 0.307 e. The molecule has 1 N–H and O–H groups in total. The number of rotatable bonds is 5. The maximum absolute atomic E-state index is 13.2. The van der Waals surface area contributed by atoms with Crippen LogP contribution < -0.4 is 4.74 Å². The van der Waals surface area contributed by atoms with E-state index in [1.807, 2.05) is 4.90 Å². The van der Waals surface area contributed by atoms with Crippen LogP contribution in [0.15, 0.2) is 24.3 Å². The van der Waals surface area contributed by atoms with E-state index < -0.39 is 5.97 Å². The van der Waals surface area contributed by atoms with Gasteiger partial charge in [-0.15, -0.1) is 12.4 Å². The van der Waals surface area contributed by atoms with Gasteiger partial charge in [0, 0.05) is 13.1 Å². The van der Waals surface area contributed by atoms with Gasteiger partial charge in [-0.05, 0) is 25.1 Å². The van der Waals surface area contributed by atoms with Gasteiger partial charge in [0.25, 0.3) is 0 Å². The minimum absolute atomic E-state index is 0. The van der Waals surface area contributed by atoms with E-state index in [1.54, 1.807) is 18.2 Å². The first-order valence-electron chi connectivity index (χ1n) is 5.99. The molecule has 0 spiro atoms. The van der Waals surface area contributed by atoms with E-state index in [0.29, 0.717) is 26.1 Å². The monoisotopic (exact) mass is 289 g/mol. The first kappa shape index (κ1) is 15.7. The first-order valence-corrected chi connectivity index (χ1v) is 5.99. The van der Waals surface area contributed by atoms with Gasteiger partial charge >= 0.3 is 5.97 Å². The molecule has 1 heterocycles. The van der Waals surface area contributed by atoms with E-state index in [9.17, 15) is 9.18 Å². The highest BCUT2D eigenvalue weighted by atomic mass is 35.5. The largest absolute Gasteiger partial charge is 0.489 e. The standard InChI is InChI=1S/C13H16FNO3.ClH/c14-11-3-1-2-4-12(11)18-8-7-15-6-5-10(9-15)13(16)17;/h1-4,10H,5-9H2,(H,16,17);1H. The van der Waals surface area contributed by atoms with Crippen LogP contribution in [-0.4, -0.2) is 42.2 Å². The Morgan fingerprint density at radius 2 is 2.21 bits per heavy atom. The molecule has 0 aliphatic carbocycles. The van der Waals surface area contributed by atoms with E-state index in [0.717, 1.165) is 6.54 Å². The number of carboxylic acid groups (broad SMARTS) is 1. The number of hydrogen-bond donors (Lipinski definition) is 1. The van der Waals surface area contributed by atoms with Crippen molar-refractivity contribution in [3.8, 4) is 5.75 Å². The van der Waals surface area contributed by atoms with Crippen LogP contribution in [0.1, 0.15) is 6.42 Å². The van der Waals surface area contributed by atoms with Gasteiger partial charge in [0.15, 0.2) is 11.6 Å². The summed E-state index contributed by atoms with van der Waals surface area (Å²) in [5, 5.41) is 8.86. The third-order valence-corrected chi connectivity index (χ3v) is 3.12. The second-order valence-corrected chi connectivity index (χ2v) is 4.40. The summed E-state index contributed by atoms with van der Waals surface area (Å²) in [6, 6.07) is 6.26. The lowest BCUT2D eigenvalue weighted by Crippen LogP contribution is -2.27. The van der Waals surface area contributed by atoms with Gasteiger partial charge in [-0.1, -0.05) is 12.1 Å². The summed E-state index contributed by atoms with van der Waals surface area (Å²) < 4.78 is 18.6. The maximum atomic E-state index is 13.2. The topological polar surface area (TPSA) is 49.8 Å². The summed E-state index contributed by atoms with van der Waals surface area (Å²) >= 11 is 0. The lowest BCUT2D eigenvalue weighted by Gasteiger charge is -2.15. The molecular formula is C13H17ClFNO3. The number of benzene rings is 1. The van der Waals surface area contributed by atoms with Gasteiger partial charge in [-0.3, -0.25) is 9.69 Å². The number of carbonyl (C=O) groups is 1. The highest BCUT2D eigenvalue weighted by molar-refractivity contribution is 5.85. The highest BCUT2D eigenvalue weighted by Crippen LogP contribution is 2.17. The molecule has 0 radical (unpaired) electrons. The minimum atomic E-state index is -0.743. The summed E-state index contributed by atoms with van der Waals surface area (Å²) in [6.07, 6.45) is 0.676. The van der Waals surface area contributed by atoms with E-state index in [4.69, 9.17) is 9.84 Å². The van der Waals surface area contributed by atoms with Gasteiger partial charge in [-0.2, -0.15) is 0 Å². The van der Waals surface area contributed by atoms with Crippen LogP contribution >= 0.6 is 12.4 Å². The van der Waals surface area contributed by atoms with Crippen LogP contribution in [0.25, 0.3) is 0 Å². The molecule has 1 aromatic rings. The van der Waals surface area contributed by atoms with Crippen molar-refractivity contribution in [2.75, 3.05) is 26.2 Å². The van der Waals surface area contributed by atoms with Crippen molar-refractivity contribution < 1.29 is 19.0 Å². The molecule has 4 nitrogen and oxygen atoms in total. The van der Waals surface area contributed by atoms with Crippen molar-refractivity contribution in [2.45, 2.75) is 6.42 Å². The van der Waals surface area contributed by atoms with Crippen molar-refractivity contribution in [2.24, 2.45) is 5.92 Å². The molecule has 1 atom stereocenters. The predicted molar refractivity (Wildman–Crippen MR) is 71.3 cm³/mol. The van der Waals surface area contributed by atoms with Crippen LogP contribution in [0.3, 0.4) is 0 Å². The summed E-state index contributed by atoms with van der Waals surface area (Å²) in [6.45, 7) is 2.30. The van der Waals surface area contributed by atoms with E-state index in [-0.39, 0.29) is 29.9 Å². The molecule has 2 rings (SSSR count). The fraction of sp³-hybridized carbons (Fsp3) is 0.462. The molecule has 1 aliphatic rings. The molecule has 1 fully saturated rings. The molecule has 6 heteroatoms. The van der Waals surface area contributed by atoms with Crippen LogP contribution in [0.5, 0.6) is 5.75 Å². The first-order chi connectivity index (χ1) is 8.66. The number of para-hydroxylation sites is 1. The zero-order valence-electron chi connectivity index (χ0n) is 10.4. The molecule has 0 aromatic heterocycles. The molecule has 1 aromatic carbocycles. The number of hydrogen-bond acceptors (Lipinski definition) is 3. The normalized spacial score (nSPS) is 18.9. The Morgan fingerprint density at radius 3 is 2.84 bits per heavy atom. The van der Waals surface area contributed by atoms with Crippen molar-refractivity contribution in [3.05, 3.63) is 30.1 Å². The number of aliphatic carboxylic acids is 1. The van der Waals surface area contributed by atoms with Crippen LogP contribution in [0, 0.1) is 11.7 Å². The smallest absolute Gasteiger partial charge is 0.307 e. The fourth-order valence-electron chi connectivity index (χ4n) is 2.08. The predicted octanol–water partition coefficient (Wildman–Crippen LogP) is 2.03. The van der Waals surface area contributed by atoms with Crippen molar-refractivity contribution in [1.29, 1.82) is 0 Å². The van der Waals surface area contributed by atoms with Crippen LogP contribution in [0.4, 0.5) is 4.39 Å². The number of likely N-dealkylation sites (tertiary alicyclic amines) is 1. The Bertz CT molecular complexity index is 430. The molecule has 0 saturated carbocycles. The zero-order chi connectivity index (χ0) is 13.0. The molecule has 0 bridgehead atoms. The number of carboxylic acids is 1. The van der Waals surface area contributed by atoms with Gasteiger partial charge in [0.05, 0.1) is 5.92 Å². The average Bonchev–Trinajstić information content (AvgIpc) is 2.80. The Kier molecular flexibility index (Phi) is 6.05. The van der Waals surface area contributed by atoms with Crippen LogP contribution in [-0.2, 0) is 4.79 Å². The lowest BCUT2D eigenvalue weighted by molar-refractivity contribution is -0.141. The molecule has 106 valence electrons. The lowest BCUT2D eigenvalue weighted by atomic mass is 10.1. The average molecular weight is 290 g/mol. The molecule has 1 unspecified atom stereocenters. The van der Waals surface area contributed by atoms with Crippen molar-refractivity contribution in [3.63, 3.8) is 0 Å². The highest BCUT2D eigenvalue weighted by Gasteiger charge is 2.27. The minimum Gasteiger partial charge on any atom is -0.489 e. The van der Waals surface area contributed by atoms with Crippen molar-refractivity contribution in [1.82, 2.24) is 4.90 Å². The van der Waals surface area contributed by atoms with Gasteiger partial charge in [0.1, 0.15) is 6.61 Å². The number of halogens is 2. The third-order valence-electron chi connectivity index (χ3n) is 3.12. The SMILES string of the molecule is Cl.O=C(O)C1CCN(CCOc2ccccc2F)C1. The van der Waals surface area contributed by atoms with Gasteiger partial charge < -0.3 is 9.84 Å². The Hall–Kier alpha value is -1.33. The number of ether oxygens (including phenoxy) is 1. The second kappa shape index (κ2) is 7.31. The summed E-state index contributed by atoms with van der Waals surface area (Å²) in [5.41, 5.74) is 0. The van der Waals surface area contributed by atoms with Gasteiger partial charge in [-0.25, -0.2) is 4.39 Å². The van der Waals surface area contributed by atoms with Crippen molar-refractivity contribution >= 4 is 18.4 Å². The zero-order valence-corrected chi connectivity index (χ0v) is 11.2. The second-order valence-electron chi connectivity index (χ2n) is 4.40. The molecular weight excluding hydrogens is 273 g/mol. The molecule has 19 heavy (non-hydrogen) atoms. The third kappa shape index (κ3) is 4.36. The number of nitrogens with zero attached hydrogens (tertiary/aromatic N) is 1. The van der Waals surface area contributed by atoms with E-state index >= 15 is 0 Å². The Labute approximate surface area is 117 Å². The quantitative estimate of drug-likeness (QED) is 0.901. The molecule has 1 aliphatic heterocycles. The fourth-order valence-corrected chi connectivity index (χ4v) is 2.08. The Balaban J connectivity index is 0.00000180. The van der Waals surface area contributed by atoms with E-state index in [2.05, 4.69) is 0 Å².